The Hall–Kier alpha value is -3.04. The number of nitrogens with zero attached hydrogens (tertiary/aromatic N) is 1. The molecule has 0 spiro atoms. The van der Waals surface area contributed by atoms with Crippen molar-refractivity contribution in [1.82, 2.24) is 15.2 Å². The lowest BCUT2D eigenvalue weighted by molar-refractivity contribution is 0.0949. The maximum absolute atomic E-state index is 12.9. The van der Waals surface area contributed by atoms with Crippen LogP contribution in [-0.4, -0.2) is 22.1 Å². The van der Waals surface area contributed by atoms with Crippen LogP contribution in [0.4, 0.5) is 0 Å². The summed E-state index contributed by atoms with van der Waals surface area (Å²) < 4.78 is 12.5. The van der Waals surface area contributed by atoms with Gasteiger partial charge in [-0.25, -0.2) is 0 Å². The molecule has 1 aromatic carbocycles. The third-order valence-corrected chi connectivity index (χ3v) is 5.83. The molecule has 4 aromatic rings. The predicted octanol–water partition coefficient (Wildman–Crippen LogP) is 3.78. The van der Waals surface area contributed by atoms with Crippen LogP contribution in [0.25, 0.3) is 11.1 Å². The van der Waals surface area contributed by atoms with Crippen molar-refractivity contribution in [3.05, 3.63) is 91.8 Å². The molecular weight excluding hydrogens is 469 g/mol. The third kappa shape index (κ3) is 5.15. The molecular formula is C23H21Cl2N3O5. The number of aryl methyl sites for hydroxylation is 1. The minimum Gasteiger partial charge on any atom is -0.467 e. The summed E-state index contributed by atoms with van der Waals surface area (Å²) >= 11 is 11.9. The molecule has 3 heterocycles. The Labute approximate surface area is 198 Å². The monoisotopic (exact) mass is 489 g/mol. The summed E-state index contributed by atoms with van der Waals surface area (Å²) in [6, 6.07) is 10.0. The van der Waals surface area contributed by atoms with Crippen LogP contribution in [0, 0.1) is 0 Å². The molecule has 172 valence electrons. The highest BCUT2D eigenvalue weighted by molar-refractivity contribution is 6.42. The van der Waals surface area contributed by atoms with Crippen molar-refractivity contribution in [2.75, 3.05) is 6.54 Å². The van der Waals surface area contributed by atoms with E-state index in [1.54, 1.807) is 48.0 Å². The van der Waals surface area contributed by atoms with Crippen LogP contribution in [-0.2, 0) is 20.1 Å². The molecule has 0 aliphatic heterocycles. The molecule has 0 fully saturated rings. The van der Waals surface area contributed by atoms with Gasteiger partial charge in [0.1, 0.15) is 23.2 Å². The molecule has 0 saturated carbocycles. The quantitative estimate of drug-likeness (QED) is 0.347. The minimum absolute atomic E-state index is 0.00129. The van der Waals surface area contributed by atoms with Gasteiger partial charge in [0, 0.05) is 26.3 Å². The molecule has 3 N–H and O–H groups in total. The zero-order valence-electron chi connectivity index (χ0n) is 17.6. The molecule has 0 aliphatic rings. The standard InChI is InChI=1S/C23H21Cl2N3O5/c1-28-12-16(22(31)27-9-13-4-5-17(24)18(25)7-13)21(30)15-8-14(33-23(15)28)10-26-11-19(29)20-3-2-6-32-20/h2-8,12,19,26,29H,9-11H2,1H3,(H,27,31). The molecule has 8 nitrogen and oxygen atoms in total. The second kappa shape index (κ2) is 9.84. The number of fused-ring (bicyclic) bond motifs is 1. The number of carbonyl (C=O) groups excluding carboxylic acids is 1. The highest BCUT2D eigenvalue weighted by Crippen LogP contribution is 2.22. The summed E-state index contributed by atoms with van der Waals surface area (Å²) in [6.45, 7) is 0.712. The summed E-state index contributed by atoms with van der Waals surface area (Å²) in [5.41, 5.74) is 0.674. The number of hydrogen-bond donors (Lipinski definition) is 3. The van der Waals surface area contributed by atoms with E-state index in [0.29, 0.717) is 32.7 Å². The average molecular weight is 490 g/mol. The molecule has 1 amide bonds. The topological polar surface area (TPSA) is 110 Å². The summed E-state index contributed by atoms with van der Waals surface area (Å²) in [6.07, 6.45) is 2.13. The fraction of sp³-hybridized carbons (Fsp3) is 0.217. The Morgan fingerprint density at radius 2 is 2.00 bits per heavy atom. The number of benzene rings is 1. The van der Waals surface area contributed by atoms with Gasteiger partial charge >= 0.3 is 0 Å². The molecule has 4 rings (SSSR count). The maximum Gasteiger partial charge on any atom is 0.257 e. The fourth-order valence-corrected chi connectivity index (χ4v) is 3.72. The van der Waals surface area contributed by atoms with E-state index in [1.165, 1.54) is 12.5 Å². The van der Waals surface area contributed by atoms with Crippen LogP contribution < -0.4 is 16.1 Å². The lowest BCUT2D eigenvalue weighted by atomic mass is 10.2. The first kappa shape index (κ1) is 23.1. The molecule has 1 atom stereocenters. The second-order valence-electron chi connectivity index (χ2n) is 7.51. The summed E-state index contributed by atoms with van der Waals surface area (Å²) in [5, 5.41) is 17.0. The van der Waals surface area contributed by atoms with Crippen molar-refractivity contribution < 1.29 is 18.7 Å². The van der Waals surface area contributed by atoms with E-state index in [1.807, 2.05) is 0 Å². The summed E-state index contributed by atoms with van der Waals surface area (Å²) in [7, 11) is 1.69. The van der Waals surface area contributed by atoms with Crippen molar-refractivity contribution in [2.24, 2.45) is 7.05 Å². The van der Waals surface area contributed by atoms with Crippen molar-refractivity contribution in [1.29, 1.82) is 0 Å². The molecule has 0 bridgehead atoms. The number of aliphatic hydroxyl groups is 1. The molecule has 0 saturated heterocycles. The van der Waals surface area contributed by atoms with E-state index >= 15 is 0 Å². The zero-order chi connectivity index (χ0) is 23.5. The lowest BCUT2D eigenvalue weighted by Crippen LogP contribution is -2.29. The molecule has 3 aromatic heterocycles. The second-order valence-corrected chi connectivity index (χ2v) is 8.32. The Morgan fingerprint density at radius 1 is 1.18 bits per heavy atom. The van der Waals surface area contributed by atoms with E-state index in [0.717, 1.165) is 5.56 Å². The number of rotatable bonds is 8. The van der Waals surface area contributed by atoms with Crippen LogP contribution in [0.1, 0.15) is 33.5 Å². The van der Waals surface area contributed by atoms with Crippen LogP contribution in [0.2, 0.25) is 10.0 Å². The summed E-state index contributed by atoms with van der Waals surface area (Å²) in [5.74, 6) is 0.445. The SMILES string of the molecule is Cn1cc(C(=O)NCc2ccc(Cl)c(Cl)c2)c(=O)c2cc(CNCC(O)c3ccco3)oc21. The van der Waals surface area contributed by atoms with E-state index in [-0.39, 0.29) is 25.2 Å². The highest BCUT2D eigenvalue weighted by atomic mass is 35.5. The first-order valence-electron chi connectivity index (χ1n) is 10.1. The van der Waals surface area contributed by atoms with Gasteiger partial charge in [0.2, 0.25) is 11.1 Å². The Balaban J connectivity index is 1.46. The van der Waals surface area contributed by atoms with Gasteiger partial charge in [-0.1, -0.05) is 29.3 Å². The van der Waals surface area contributed by atoms with Gasteiger partial charge in [-0.3, -0.25) is 9.59 Å². The third-order valence-electron chi connectivity index (χ3n) is 5.09. The van der Waals surface area contributed by atoms with Gasteiger partial charge in [0.05, 0.1) is 28.2 Å². The fourth-order valence-electron chi connectivity index (χ4n) is 3.40. The maximum atomic E-state index is 12.9. The number of amides is 1. The number of halogens is 2. The van der Waals surface area contributed by atoms with Gasteiger partial charge in [0.15, 0.2) is 0 Å². The van der Waals surface area contributed by atoms with Crippen LogP contribution in [0.5, 0.6) is 0 Å². The van der Waals surface area contributed by atoms with Crippen molar-refractivity contribution >= 4 is 40.2 Å². The molecule has 0 aliphatic carbocycles. The van der Waals surface area contributed by atoms with E-state index in [4.69, 9.17) is 32.0 Å². The minimum atomic E-state index is -0.804. The predicted molar refractivity (Wildman–Crippen MR) is 124 cm³/mol. The number of hydrogen-bond acceptors (Lipinski definition) is 6. The van der Waals surface area contributed by atoms with E-state index in [9.17, 15) is 14.7 Å². The molecule has 10 heteroatoms. The van der Waals surface area contributed by atoms with Gasteiger partial charge in [-0.15, -0.1) is 0 Å². The normalized spacial score (nSPS) is 12.2. The highest BCUT2D eigenvalue weighted by Gasteiger charge is 2.18. The van der Waals surface area contributed by atoms with Gasteiger partial charge in [-0.05, 0) is 35.9 Å². The molecule has 0 radical (unpaired) electrons. The molecule has 1 unspecified atom stereocenters. The number of furan rings is 2. The number of pyridine rings is 1. The Bertz CT molecular complexity index is 1340. The van der Waals surface area contributed by atoms with Crippen molar-refractivity contribution in [2.45, 2.75) is 19.2 Å². The zero-order valence-corrected chi connectivity index (χ0v) is 19.1. The average Bonchev–Trinajstić information content (AvgIpc) is 3.47. The van der Waals surface area contributed by atoms with Crippen molar-refractivity contribution in [3.63, 3.8) is 0 Å². The number of carbonyl (C=O) groups is 1. The van der Waals surface area contributed by atoms with Crippen LogP contribution in [0.15, 0.2) is 62.5 Å². The van der Waals surface area contributed by atoms with E-state index in [2.05, 4.69) is 10.6 Å². The summed E-state index contributed by atoms with van der Waals surface area (Å²) in [4.78, 5) is 25.6. The molecule has 33 heavy (non-hydrogen) atoms. The smallest absolute Gasteiger partial charge is 0.257 e. The van der Waals surface area contributed by atoms with E-state index < -0.39 is 17.4 Å². The number of nitrogens with one attached hydrogen (secondary N) is 2. The van der Waals surface area contributed by atoms with Crippen molar-refractivity contribution in [3.8, 4) is 0 Å². The first-order chi connectivity index (χ1) is 15.8. The van der Waals surface area contributed by atoms with Gasteiger partial charge in [-0.2, -0.15) is 0 Å². The number of aliphatic hydroxyl groups excluding tert-OH is 1. The Morgan fingerprint density at radius 3 is 2.73 bits per heavy atom. The largest absolute Gasteiger partial charge is 0.467 e. The number of aromatic nitrogens is 1. The van der Waals surface area contributed by atoms with Gasteiger partial charge < -0.3 is 29.1 Å². The lowest BCUT2D eigenvalue weighted by Gasteiger charge is -2.08. The van der Waals surface area contributed by atoms with Gasteiger partial charge in [0.25, 0.3) is 5.91 Å². The first-order valence-corrected chi connectivity index (χ1v) is 10.9. The Kier molecular flexibility index (Phi) is 6.90. The van der Waals surface area contributed by atoms with Crippen LogP contribution >= 0.6 is 23.2 Å². The van der Waals surface area contributed by atoms with Crippen LogP contribution in [0.3, 0.4) is 0 Å².